The third-order valence-electron chi connectivity index (χ3n) is 3.07. The minimum absolute atomic E-state index is 0.222. The lowest BCUT2D eigenvalue weighted by atomic mass is 10.1. The van der Waals surface area contributed by atoms with Gasteiger partial charge in [0.05, 0.1) is 18.4 Å². The van der Waals surface area contributed by atoms with Gasteiger partial charge in [-0.2, -0.15) is 0 Å². The Hall–Kier alpha value is -1.79. The first-order valence-electron chi connectivity index (χ1n) is 6.72. The molecular weight excluding hydrogens is 278 g/mol. The van der Waals surface area contributed by atoms with Crippen molar-refractivity contribution in [1.82, 2.24) is 10.3 Å². The quantitative estimate of drug-likeness (QED) is 0.798. The number of aryl methyl sites for hydroxylation is 1. The van der Waals surface area contributed by atoms with Crippen molar-refractivity contribution in [2.75, 3.05) is 26.8 Å². The van der Waals surface area contributed by atoms with Gasteiger partial charge in [0.1, 0.15) is 11.6 Å². The van der Waals surface area contributed by atoms with Crippen LogP contribution in [0, 0.1) is 18.6 Å². The third kappa shape index (κ3) is 4.09. The van der Waals surface area contributed by atoms with Crippen molar-refractivity contribution >= 4 is 0 Å². The van der Waals surface area contributed by atoms with E-state index in [0.29, 0.717) is 36.8 Å². The van der Waals surface area contributed by atoms with E-state index in [9.17, 15) is 8.78 Å². The molecule has 0 aliphatic carbocycles. The van der Waals surface area contributed by atoms with E-state index in [2.05, 4.69) is 10.3 Å². The van der Waals surface area contributed by atoms with Crippen LogP contribution < -0.4 is 5.32 Å². The van der Waals surface area contributed by atoms with Crippen molar-refractivity contribution in [3.8, 4) is 11.3 Å². The Morgan fingerprint density at radius 2 is 2.05 bits per heavy atom. The molecule has 0 amide bonds. The van der Waals surface area contributed by atoms with Crippen LogP contribution in [0.2, 0.25) is 0 Å². The summed E-state index contributed by atoms with van der Waals surface area (Å²) in [7, 11) is 1.64. The lowest BCUT2D eigenvalue weighted by molar-refractivity contribution is 0.199. The topological polar surface area (TPSA) is 47.3 Å². The van der Waals surface area contributed by atoms with E-state index < -0.39 is 11.6 Å². The van der Waals surface area contributed by atoms with Crippen molar-refractivity contribution in [1.29, 1.82) is 0 Å². The first-order valence-corrected chi connectivity index (χ1v) is 6.72. The van der Waals surface area contributed by atoms with Gasteiger partial charge in [0.2, 0.25) is 0 Å². The molecule has 0 saturated heterocycles. The van der Waals surface area contributed by atoms with Crippen molar-refractivity contribution in [3.05, 3.63) is 41.4 Å². The molecule has 114 valence electrons. The summed E-state index contributed by atoms with van der Waals surface area (Å²) in [6, 6.07) is 2.28. The first-order chi connectivity index (χ1) is 10.1. The monoisotopic (exact) mass is 296 g/mol. The minimum Gasteiger partial charge on any atom is -0.441 e. The Balaban J connectivity index is 2.01. The largest absolute Gasteiger partial charge is 0.441 e. The zero-order valence-electron chi connectivity index (χ0n) is 12.1. The minimum atomic E-state index is -0.654. The van der Waals surface area contributed by atoms with Gasteiger partial charge in [0.25, 0.3) is 0 Å². The highest BCUT2D eigenvalue weighted by Gasteiger charge is 2.13. The molecule has 1 aromatic heterocycles. The molecule has 0 unspecified atom stereocenters. The summed E-state index contributed by atoms with van der Waals surface area (Å²) >= 11 is 0. The molecule has 2 aromatic rings. The number of ether oxygens (including phenoxy) is 1. The zero-order valence-corrected chi connectivity index (χ0v) is 12.1. The van der Waals surface area contributed by atoms with E-state index in [1.165, 1.54) is 12.3 Å². The fourth-order valence-corrected chi connectivity index (χ4v) is 1.89. The predicted molar refractivity (Wildman–Crippen MR) is 75.0 cm³/mol. The van der Waals surface area contributed by atoms with Crippen LogP contribution in [0.3, 0.4) is 0 Å². The molecule has 2 rings (SSSR count). The van der Waals surface area contributed by atoms with Crippen LogP contribution in [0.4, 0.5) is 8.78 Å². The molecule has 21 heavy (non-hydrogen) atoms. The van der Waals surface area contributed by atoms with Crippen molar-refractivity contribution < 1.29 is 17.9 Å². The average Bonchev–Trinajstić information content (AvgIpc) is 2.91. The van der Waals surface area contributed by atoms with Crippen molar-refractivity contribution in [2.24, 2.45) is 0 Å². The van der Waals surface area contributed by atoms with E-state index >= 15 is 0 Å². The number of methoxy groups -OCH3 is 1. The van der Waals surface area contributed by atoms with Crippen LogP contribution in [-0.2, 0) is 11.2 Å². The number of hydrogen-bond donors (Lipinski definition) is 1. The second-order valence-electron chi connectivity index (χ2n) is 4.69. The average molecular weight is 296 g/mol. The fraction of sp³-hybridized carbons (Fsp3) is 0.400. The maximum atomic E-state index is 13.8. The summed E-state index contributed by atoms with van der Waals surface area (Å²) in [4.78, 5) is 4.11. The maximum Gasteiger partial charge on any atom is 0.196 e. The first kappa shape index (κ1) is 15.6. The molecule has 0 fully saturated rings. The molecule has 4 nitrogen and oxygen atoms in total. The number of aromatic nitrogens is 1. The van der Waals surface area contributed by atoms with Crippen molar-refractivity contribution in [2.45, 2.75) is 13.3 Å². The number of halogens is 2. The number of oxazole rings is 1. The number of nitrogens with zero attached hydrogens (tertiary/aromatic N) is 1. The van der Waals surface area contributed by atoms with Gasteiger partial charge in [0.15, 0.2) is 11.7 Å². The molecule has 0 spiro atoms. The highest BCUT2D eigenvalue weighted by Crippen LogP contribution is 2.26. The summed E-state index contributed by atoms with van der Waals surface area (Å²) in [6.45, 7) is 3.65. The Morgan fingerprint density at radius 1 is 1.24 bits per heavy atom. The van der Waals surface area contributed by atoms with E-state index in [4.69, 9.17) is 9.15 Å². The number of nitrogens with one attached hydrogen (secondary N) is 1. The molecule has 0 radical (unpaired) electrons. The van der Waals surface area contributed by atoms with Crippen LogP contribution in [-0.4, -0.2) is 31.8 Å². The van der Waals surface area contributed by atoms with Gasteiger partial charge in [-0.25, -0.2) is 13.8 Å². The molecular formula is C15H18F2N2O2. The lowest BCUT2D eigenvalue weighted by Gasteiger charge is -2.03. The Morgan fingerprint density at radius 3 is 2.81 bits per heavy atom. The van der Waals surface area contributed by atoms with Crippen LogP contribution in [0.25, 0.3) is 11.3 Å². The van der Waals surface area contributed by atoms with Crippen LogP contribution in [0.1, 0.15) is 11.5 Å². The standard InChI is InChI=1S/C15H18F2N2O2/c1-10-7-11(13(17)8-12(10)16)14-9-19-15(21-14)3-4-18-5-6-20-2/h7-9,18H,3-6H2,1-2H3. The summed E-state index contributed by atoms with van der Waals surface area (Å²) in [5, 5.41) is 3.16. The molecule has 1 aromatic carbocycles. The molecule has 1 N–H and O–H groups in total. The van der Waals surface area contributed by atoms with Gasteiger partial charge in [-0.15, -0.1) is 0 Å². The van der Waals surface area contributed by atoms with Gasteiger partial charge >= 0.3 is 0 Å². The summed E-state index contributed by atoms with van der Waals surface area (Å²) in [5.74, 6) is -0.406. The smallest absolute Gasteiger partial charge is 0.196 e. The Labute approximate surface area is 122 Å². The maximum absolute atomic E-state index is 13.8. The Kier molecular flexibility index (Phi) is 5.41. The molecule has 0 aliphatic heterocycles. The Bertz CT molecular complexity index is 599. The van der Waals surface area contributed by atoms with Crippen LogP contribution in [0.15, 0.2) is 22.7 Å². The van der Waals surface area contributed by atoms with E-state index in [-0.39, 0.29) is 5.56 Å². The van der Waals surface area contributed by atoms with Gasteiger partial charge in [0, 0.05) is 32.7 Å². The highest BCUT2D eigenvalue weighted by molar-refractivity contribution is 5.58. The number of benzene rings is 1. The van der Waals surface area contributed by atoms with Gasteiger partial charge in [-0.3, -0.25) is 0 Å². The second kappa shape index (κ2) is 7.28. The second-order valence-corrected chi connectivity index (χ2v) is 4.69. The SMILES string of the molecule is COCCNCCc1ncc(-c2cc(C)c(F)cc2F)o1. The predicted octanol–water partition coefficient (Wildman–Crippen LogP) is 2.71. The molecule has 0 atom stereocenters. The fourth-order valence-electron chi connectivity index (χ4n) is 1.89. The summed E-state index contributed by atoms with van der Waals surface area (Å²) in [5.41, 5.74) is 0.588. The van der Waals surface area contributed by atoms with E-state index in [1.54, 1.807) is 14.0 Å². The third-order valence-corrected chi connectivity index (χ3v) is 3.07. The molecule has 6 heteroatoms. The normalized spacial score (nSPS) is 11.0. The molecule has 0 aliphatic rings. The highest BCUT2D eigenvalue weighted by atomic mass is 19.1. The summed E-state index contributed by atoms with van der Waals surface area (Å²) in [6.07, 6.45) is 2.05. The molecule has 0 bridgehead atoms. The zero-order chi connectivity index (χ0) is 15.2. The number of rotatable bonds is 7. The number of hydrogen-bond acceptors (Lipinski definition) is 4. The summed E-state index contributed by atoms with van der Waals surface area (Å²) < 4.78 is 37.4. The van der Waals surface area contributed by atoms with E-state index in [0.717, 1.165) is 12.6 Å². The molecule has 1 heterocycles. The lowest BCUT2D eigenvalue weighted by Crippen LogP contribution is -2.21. The van der Waals surface area contributed by atoms with Crippen LogP contribution >= 0.6 is 0 Å². The van der Waals surface area contributed by atoms with Crippen molar-refractivity contribution in [3.63, 3.8) is 0 Å². The van der Waals surface area contributed by atoms with Gasteiger partial charge in [-0.05, 0) is 18.6 Å². The van der Waals surface area contributed by atoms with Crippen LogP contribution in [0.5, 0.6) is 0 Å². The van der Waals surface area contributed by atoms with E-state index in [1.807, 2.05) is 0 Å². The van der Waals surface area contributed by atoms with Gasteiger partial charge < -0.3 is 14.5 Å². The van der Waals surface area contributed by atoms with Gasteiger partial charge in [-0.1, -0.05) is 0 Å². The molecule has 0 saturated carbocycles.